The lowest BCUT2D eigenvalue weighted by Crippen LogP contribution is -2.16. The molecule has 0 saturated carbocycles. The monoisotopic (exact) mass is 199 g/mol. The van der Waals surface area contributed by atoms with Crippen LogP contribution in [0.2, 0.25) is 0 Å². The van der Waals surface area contributed by atoms with Crippen LogP contribution in [0.15, 0.2) is 12.3 Å². The second-order valence-electron chi connectivity index (χ2n) is 2.86. The van der Waals surface area contributed by atoms with E-state index in [0.717, 1.165) is 0 Å². The Morgan fingerprint density at radius 2 is 2.07 bits per heavy atom. The Balaban J connectivity index is 3.63. The normalized spacial score (nSPS) is 10.2. The minimum Gasteiger partial charge on any atom is -0.466 e. The summed E-state index contributed by atoms with van der Waals surface area (Å²) in [4.78, 5) is 23.1. The van der Waals surface area contributed by atoms with Crippen molar-refractivity contribution in [3.8, 4) is 0 Å². The molecule has 4 heteroatoms. The summed E-state index contributed by atoms with van der Waals surface area (Å²) in [6, 6.07) is 0. The van der Waals surface area contributed by atoms with Gasteiger partial charge in [-0.3, -0.25) is 9.59 Å². The fourth-order valence-electron chi connectivity index (χ4n) is 0.772. The molecule has 80 valence electrons. The molecular weight excluding hydrogens is 182 g/mol. The van der Waals surface area contributed by atoms with Crippen LogP contribution in [0.1, 0.15) is 26.7 Å². The van der Waals surface area contributed by atoms with Crippen molar-refractivity contribution >= 4 is 11.9 Å². The SMILES string of the molecule is CCOC(=O)CC/C=C/N(C)C(C)=O. The number of hydrogen-bond donors (Lipinski definition) is 0. The van der Waals surface area contributed by atoms with Crippen molar-refractivity contribution in [2.45, 2.75) is 26.7 Å². The predicted octanol–water partition coefficient (Wildman–Crippen LogP) is 1.32. The van der Waals surface area contributed by atoms with Crippen LogP contribution in [0, 0.1) is 0 Å². The number of hydrogen-bond acceptors (Lipinski definition) is 3. The number of carbonyl (C=O) groups excluding carboxylic acids is 2. The summed E-state index contributed by atoms with van der Waals surface area (Å²) in [5.74, 6) is -0.236. The van der Waals surface area contributed by atoms with Crippen molar-refractivity contribution < 1.29 is 14.3 Å². The first-order valence-electron chi connectivity index (χ1n) is 4.63. The Labute approximate surface area is 84.5 Å². The fourth-order valence-corrected chi connectivity index (χ4v) is 0.772. The van der Waals surface area contributed by atoms with Crippen molar-refractivity contribution in [2.24, 2.45) is 0 Å². The van der Waals surface area contributed by atoms with Gasteiger partial charge in [-0.15, -0.1) is 0 Å². The van der Waals surface area contributed by atoms with E-state index in [9.17, 15) is 9.59 Å². The van der Waals surface area contributed by atoms with Gasteiger partial charge in [-0.1, -0.05) is 6.08 Å². The molecular formula is C10H17NO3. The molecule has 0 aromatic rings. The smallest absolute Gasteiger partial charge is 0.306 e. The van der Waals surface area contributed by atoms with E-state index < -0.39 is 0 Å². The molecule has 0 unspecified atom stereocenters. The zero-order valence-electron chi connectivity index (χ0n) is 8.95. The molecule has 0 N–H and O–H groups in total. The maximum absolute atomic E-state index is 10.9. The van der Waals surface area contributed by atoms with Crippen molar-refractivity contribution in [1.82, 2.24) is 4.90 Å². The molecule has 0 spiro atoms. The van der Waals surface area contributed by atoms with E-state index in [1.54, 1.807) is 26.2 Å². The molecule has 0 radical (unpaired) electrons. The van der Waals surface area contributed by atoms with E-state index >= 15 is 0 Å². The summed E-state index contributed by atoms with van der Waals surface area (Å²) < 4.78 is 4.74. The van der Waals surface area contributed by atoms with Crippen LogP contribution in [0.4, 0.5) is 0 Å². The summed E-state index contributed by atoms with van der Waals surface area (Å²) in [5.41, 5.74) is 0. The molecule has 0 heterocycles. The highest BCUT2D eigenvalue weighted by Gasteiger charge is 1.99. The zero-order chi connectivity index (χ0) is 11.0. The van der Waals surface area contributed by atoms with E-state index in [2.05, 4.69) is 0 Å². The quantitative estimate of drug-likeness (QED) is 0.627. The Kier molecular flexibility index (Phi) is 6.45. The van der Waals surface area contributed by atoms with Crippen molar-refractivity contribution in [3.63, 3.8) is 0 Å². The Morgan fingerprint density at radius 1 is 1.43 bits per heavy atom. The summed E-state index contributed by atoms with van der Waals surface area (Å²) >= 11 is 0. The van der Waals surface area contributed by atoms with Crippen LogP contribution in [0.5, 0.6) is 0 Å². The standard InChI is InChI=1S/C10H17NO3/c1-4-14-10(13)7-5-6-8-11(3)9(2)12/h6,8H,4-5,7H2,1-3H3/b8-6+. The minimum absolute atomic E-state index is 0.0302. The third-order valence-corrected chi connectivity index (χ3v) is 1.65. The third kappa shape index (κ3) is 6.22. The Morgan fingerprint density at radius 3 is 2.57 bits per heavy atom. The van der Waals surface area contributed by atoms with Gasteiger partial charge >= 0.3 is 5.97 Å². The maximum atomic E-state index is 10.9. The number of carbonyl (C=O) groups is 2. The topological polar surface area (TPSA) is 46.6 Å². The van der Waals surface area contributed by atoms with E-state index in [1.807, 2.05) is 0 Å². The molecule has 14 heavy (non-hydrogen) atoms. The van der Waals surface area contributed by atoms with Crippen LogP contribution in [-0.4, -0.2) is 30.4 Å². The highest BCUT2D eigenvalue weighted by atomic mass is 16.5. The van der Waals surface area contributed by atoms with Gasteiger partial charge in [-0.05, 0) is 13.3 Å². The number of amides is 1. The largest absolute Gasteiger partial charge is 0.466 e. The van der Waals surface area contributed by atoms with Crippen LogP contribution in [-0.2, 0) is 14.3 Å². The third-order valence-electron chi connectivity index (χ3n) is 1.65. The molecule has 0 saturated heterocycles. The first-order valence-corrected chi connectivity index (χ1v) is 4.63. The summed E-state index contributed by atoms with van der Waals surface area (Å²) in [7, 11) is 1.67. The predicted molar refractivity (Wildman–Crippen MR) is 53.5 cm³/mol. The summed E-state index contributed by atoms with van der Waals surface area (Å²) in [6.45, 7) is 3.67. The van der Waals surface area contributed by atoms with Crippen LogP contribution < -0.4 is 0 Å². The van der Waals surface area contributed by atoms with Gasteiger partial charge in [-0.25, -0.2) is 0 Å². The molecule has 0 aromatic heterocycles. The lowest BCUT2D eigenvalue weighted by molar-refractivity contribution is -0.143. The molecule has 0 rings (SSSR count). The number of allylic oxidation sites excluding steroid dienone is 1. The summed E-state index contributed by atoms with van der Waals surface area (Å²) in [6.07, 6.45) is 4.38. The molecule has 0 fully saturated rings. The van der Waals surface area contributed by atoms with Crippen LogP contribution in [0.25, 0.3) is 0 Å². The number of ether oxygens (including phenoxy) is 1. The van der Waals surface area contributed by atoms with Gasteiger partial charge in [0.2, 0.25) is 5.91 Å². The molecule has 0 aliphatic rings. The van der Waals surface area contributed by atoms with E-state index in [0.29, 0.717) is 19.4 Å². The van der Waals surface area contributed by atoms with Gasteiger partial charge in [0.15, 0.2) is 0 Å². The zero-order valence-corrected chi connectivity index (χ0v) is 8.95. The highest BCUT2D eigenvalue weighted by Crippen LogP contribution is 1.95. The molecule has 0 bridgehead atoms. The molecule has 0 aliphatic heterocycles. The van der Waals surface area contributed by atoms with Crippen molar-refractivity contribution in [3.05, 3.63) is 12.3 Å². The van der Waals surface area contributed by atoms with E-state index in [1.165, 1.54) is 11.8 Å². The van der Waals surface area contributed by atoms with Crippen LogP contribution in [0.3, 0.4) is 0 Å². The number of nitrogens with zero attached hydrogens (tertiary/aromatic N) is 1. The van der Waals surface area contributed by atoms with E-state index in [-0.39, 0.29) is 11.9 Å². The Bertz CT molecular complexity index is 223. The maximum Gasteiger partial charge on any atom is 0.306 e. The molecule has 1 amide bonds. The first kappa shape index (κ1) is 12.7. The molecule has 4 nitrogen and oxygen atoms in total. The lowest BCUT2D eigenvalue weighted by atomic mass is 10.3. The molecule has 0 aromatic carbocycles. The van der Waals surface area contributed by atoms with Gasteiger partial charge in [0.1, 0.15) is 0 Å². The van der Waals surface area contributed by atoms with Gasteiger partial charge in [0.25, 0.3) is 0 Å². The fraction of sp³-hybridized carbons (Fsp3) is 0.600. The van der Waals surface area contributed by atoms with E-state index in [4.69, 9.17) is 4.74 Å². The minimum atomic E-state index is -0.206. The second kappa shape index (κ2) is 7.12. The Hall–Kier alpha value is -1.32. The van der Waals surface area contributed by atoms with Crippen molar-refractivity contribution in [2.75, 3.05) is 13.7 Å². The average Bonchev–Trinajstić information content (AvgIpc) is 2.12. The highest BCUT2D eigenvalue weighted by molar-refractivity contribution is 5.74. The average molecular weight is 199 g/mol. The van der Waals surface area contributed by atoms with Gasteiger partial charge in [0, 0.05) is 26.6 Å². The molecule has 0 atom stereocenters. The first-order chi connectivity index (χ1) is 6.57. The second-order valence-corrected chi connectivity index (χ2v) is 2.86. The number of esters is 1. The van der Waals surface area contributed by atoms with Crippen molar-refractivity contribution in [1.29, 1.82) is 0 Å². The van der Waals surface area contributed by atoms with Crippen LogP contribution >= 0.6 is 0 Å². The molecule has 0 aliphatic carbocycles. The number of rotatable bonds is 5. The summed E-state index contributed by atoms with van der Waals surface area (Å²) in [5, 5.41) is 0. The van der Waals surface area contributed by atoms with Gasteiger partial charge < -0.3 is 9.64 Å². The van der Waals surface area contributed by atoms with Gasteiger partial charge in [-0.2, -0.15) is 0 Å². The lowest BCUT2D eigenvalue weighted by Gasteiger charge is -2.07. The van der Waals surface area contributed by atoms with Gasteiger partial charge in [0.05, 0.1) is 6.61 Å².